The fraction of sp³-hybridized carbons (Fsp3) is 0.545. The number of amides is 1. The van der Waals surface area contributed by atoms with Crippen molar-refractivity contribution in [2.75, 3.05) is 13.2 Å². The third-order valence-corrected chi connectivity index (χ3v) is 4.79. The second kappa shape index (κ2) is 11.0. The number of allylic oxidation sites excluding steroid dienone is 1. The fourth-order valence-electron chi connectivity index (χ4n) is 3.25. The number of hydrogen-bond acceptors (Lipinski definition) is 6. The van der Waals surface area contributed by atoms with Crippen LogP contribution in [0.4, 0.5) is 4.79 Å². The lowest BCUT2D eigenvalue weighted by Crippen LogP contribution is -2.52. The molecule has 160 valence electrons. The first-order valence-corrected chi connectivity index (χ1v) is 9.91. The van der Waals surface area contributed by atoms with Crippen LogP contribution in [0.2, 0.25) is 0 Å². The number of aliphatic hydroxyl groups excluding tert-OH is 1. The summed E-state index contributed by atoms with van der Waals surface area (Å²) in [5.74, 6) is -0.312. The number of unbranched alkanes of at least 4 members (excludes halogenated alkanes) is 1. The molecule has 2 rings (SSSR count). The van der Waals surface area contributed by atoms with Gasteiger partial charge in [-0.2, -0.15) is 0 Å². The van der Waals surface area contributed by atoms with Crippen LogP contribution in [-0.2, 0) is 25.6 Å². The molecule has 1 saturated heterocycles. The van der Waals surface area contributed by atoms with E-state index in [2.05, 4.69) is 0 Å². The summed E-state index contributed by atoms with van der Waals surface area (Å²) in [5, 5.41) is 10.6. The molecule has 0 unspecified atom stereocenters. The average Bonchev–Trinajstić information content (AvgIpc) is 3.01. The highest BCUT2D eigenvalue weighted by Gasteiger charge is 2.47. The van der Waals surface area contributed by atoms with Gasteiger partial charge in [-0.05, 0) is 38.7 Å². The van der Waals surface area contributed by atoms with E-state index in [0.717, 1.165) is 18.4 Å². The van der Waals surface area contributed by atoms with Crippen LogP contribution in [0.15, 0.2) is 42.5 Å². The highest BCUT2D eigenvalue weighted by Crippen LogP contribution is 2.31. The van der Waals surface area contributed by atoms with Gasteiger partial charge in [0.05, 0.1) is 18.8 Å². The molecular weight excluding hydrogens is 374 g/mol. The first kappa shape index (κ1) is 22.9. The van der Waals surface area contributed by atoms with Crippen molar-refractivity contribution in [3.05, 3.63) is 48.0 Å². The highest BCUT2D eigenvalue weighted by atomic mass is 16.6. The van der Waals surface area contributed by atoms with Crippen molar-refractivity contribution in [2.24, 2.45) is 0 Å². The molecule has 7 nitrogen and oxygen atoms in total. The third kappa shape index (κ3) is 7.18. The van der Waals surface area contributed by atoms with Gasteiger partial charge < -0.3 is 19.3 Å². The molecule has 0 saturated carbocycles. The van der Waals surface area contributed by atoms with Crippen LogP contribution < -0.4 is 0 Å². The van der Waals surface area contributed by atoms with Gasteiger partial charge in [-0.3, -0.25) is 9.69 Å². The van der Waals surface area contributed by atoms with Crippen LogP contribution >= 0.6 is 0 Å². The zero-order valence-corrected chi connectivity index (χ0v) is 17.4. The molecule has 0 spiro atoms. The lowest BCUT2D eigenvalue weighted by molar-refractivity contribution is -0.139. The van der Waals surface area contributed by atoms with Crippen LogP contribution in [0.25, 0.3) is 0 Å². The minimum absolute atomic E-state index is 0.169. The summed E-state index contributed by atoms with van der Waals surface area (Å²) in [4.78, 5) is 24.9. The lowest BCUT2D eigenvalue weighted by atomic mass is 10.0. The van der Waals surface area contributed by atoms with E-state index in [1.807, 2.05) is 36.4 Å². The van der Waals surface area contributed by atoms with Crippen molar-refractivity contribution in [3.8, 4) is 0 Å². The zero-order valence-electron chi connectivity index (χ0n) is 17.4. The Hall–Kier alpha value is -2.38. The van der Waals surface area contributed by atoms with E-state index in [9.17, 15) is 14.7 Å². The fourth-order valence-corrected chi connectivity index (χ4v) is 3.25. The van der Waals surface area contributed by atoms with Crippen molar-refractivity contribution in [3.63, 3.8) is 0 Å². The third-order valence-electron chi connectivity index (χ3n) is 4.79. The lowest BCUT2D eigenvalue weighted by Gasteiger charge is -2.34. The first-order valence-electron chi connectivity index (χ1n) is 9.91. The average molecular weight is 405 g/mol. The molecule has 7 heteroatoms. The first-order chi connectivity index (χ1) is 13.8. The van der Waals surface area contributed by atoms with Gasteiger partial charge in [0.25, 0.3) is 0 Å². The van der Waals surface area contributed by atoms with Crippen LogP contribution in [0.3, 0.4) is 0 Å². The van der Waals surface area contributed by atoms with E-state index < -0.39 is 24.0 Å². The molecule has 1 aromatic carbocycles. The second-order valence-electron chi connectivity index (χ2n) is 7.51. The second-order valence-corrected chi connectivity index (χ2v) is 7.51. The Kier molecular flexibility index (Phi) is 8.67. The Bertz CT molecular complexity index is 688. The van der Waals surface area contributed by atoms with Crippen LogP contribution in [0.5, 0.6) is 0 Å². The standard InChI is InChI=1S/C22H31NO6/c1-17(24)27-14-10-5-4-9-13-20(25)19-16-29-22(2,3)23(19)21(26)28-15-18-11-7-6-8-12-18/h5-8,10-12,19-20,25H,4,9,13-16H2,1-3H3/b10-5-/t19-,20+/m0/s1. The Labute approximate surface area is 172 Å². The number of ether oxygens (including phenoxy) is 3. The van der Waals surface area contributed by atoms with Crippen LogP contribution in [0.1, 0.15) is 45.6 Å². The largest absolute Gasteiger partial charge is 0.462 e. The van der Waals surface area contributed by atoms with Crippen molar-refractivity contribution in [1.29, 1.82) is 0 Å². The number of nitrogens with zero attached hydrogens (tertiary/aromatic N) is 1. The van der Waals surface area contributed by atoms with E-state index in [0.29, 0.717) is 6.42 Å². The molecule has 0 bridgehead atoms. The van der Waals surface area contributed by atoms with Crippen LogP contribution in [0, 0.1) is 0 Å². The van der Waals surface area contributed by atoms with Gasteiger partial charge in [0.2, 0.25) is 0 Å². The normalized spacial score (nSPS) is 19.3. The molecule has 29 heavy (non-hydrogen) atoms. The smallest absolute Gasteiger partial charge is 0.412 e. The molecule has 1 aliphatic rings. The van der Waals surface area contributed by atoms with Gasteiger partial charge >= 0.3 is 12.1 Å². The van der Waals surface area contributed by atoms with E-state index >= 15 is 0 Å². The molecular formula is C22H31NO6. The Morgan fingerprint density at radius 1 is 1.28 bits per heavy atom. The Morgan fingerprint density at radius 2 is 2.00 bits per heavy atom. The SMILES string of the molecule is CC(=O)OC/C=C\CCC[C@@H](O)[C@@H]1COC(C)(C)N1C(=O)OCc1ccccc1. The maximum absolute atomic E-state index is 12.7. The molecule has 1 N–H and O–H groups in total. The van der Waals surface area contributed by atoms with Crippen molar-refractivity contribution >= 4 is 12.1 Å². The summed E-state index contributed by atoms with van der Waals surface area (Å²) in [5.41, 5.74) is 0.0556. The van der Waals surface area contributed by atoms with Gasteiger partial charge in [-0.25, -0.2) is 4.79 Å². The minimum Gasteiger partial charge on any atom is -0.462 e. The monoisotopic (exact) mass is 405 g/mol. The van der Waals surface area contributed by atoms with Gasteiger partial charge in [0.15, 0.2) is 0 Å². The molecule has 1 heterocycles. The predicted octanol–water partition coefficient (Wildman–Crippen LogP) is 3.41. The quantitative estimate of drug-likeness (QED) is 0.385. The van der Waals surface area contributed by atoms with Crippen molar-refractivity contribution < 1.29 is 28.9 Å². The maximum atomic E-state index is 12.7. The van der Waals surface area contributed by atoms with Crippen molar-refractivity contribution in [2.45, 2.75) is 64.5 Å². The van der Waals surface area contributed by atoms with E-state index in [-0.39, 0.29) is 25.8 Å². The highest BCUT2D eigenvalue weighted by molar-refractivity contribution is 5.69. The topological polar surface area (TPSA) is 85.3 Å². The van der Waals surface area contributed by atoms with Gasteiger partial charge in [-0.15, -0.1) is 0 Å². The Balaban J connectivity index is 1.84. The molecule has 2 atom stereocenters. The number of esters is 1. The molecule has 1 aromatic rings. The number of hydrogen-bond donors (Lipinski definition) is 1. The van der Waals surface area contributed by atoms with Gasteiger partial charge in [0, 0.05) is 6.92 Å². The number of aliphatic hydroxyl groups is 1. The molecule has 0 aliphatic carbocycles. The molecule has 0 radical (unpaired) electrons. The van der Waals surface area contributed by atoms with E-state index in [1.54, 1.807) is 19.9 Å². The zero-order chi connectivity index (χ0) is 21.3. The summed E-state index contributed by atoms with van der Waals surface area (Å²) >= 11 is 0. The van der Waals surface area contributed by atoms with E-state index in [4.69, 9.17) is 14.2 Å². The number of carbonyl (C=O) groups excluding carboxylic acids is 2. The van der Waals surface area contributed by atoms with Crippen molar-refractivity contribution in [1.82, 2.24) is 4.90 Å². The Morgan fingerprint density at radius 3 is 2.69 bits per heavy atom. The number of rotatable bonds is 9. The summed E-state index contributed by atoms with van der Waals surface area (Å²) in [6.07, 6.45) is 4.48. The van der Waals surface area contributed by atoms with Crippen LogP contribution in [-0.4, -0.2) is 53.2 Å². The van der Waals surface area contributed by atoms with Gasteiger partial charge in [-0.1, -0.05) is 42.5 Å². The predicted molar refractivity (Wildman–Crippen MR) is 108 cm³/mol. The van der Waals surface area contributed by atoms with E-state index in [1.165, 1.54) is 11.8 Å². The summed E-state index contributed by atoms with van der Waals surface area (Å²) in [6.45, 7) is 5.64. The number of benzene rings is 1. The summed E-state index contributed by atoms with van der Waals surface area (Å²) < 4.78 is 16.0. The number of carbonyl (C=O) groups is 2. The molecule has 1 amide bonds. The van der Waals surface area contributed by atoms with Gasteiger partial charge in [0.1, 0.15) is 18.9 Å². The minimum atomic E-state index is -0.844. The molecule has 0 aromatic heterocycles. The maximum Gasteiger partial charge on any atom is 0.412 e. The summed E-state index contributed by atoms with van der Waals surface area (Å²) in [7, 11) is 0. The summed E-state index contributed by atoms with van der Waals surface area (Å²) in [6, 6.07) is 9.00. The molecule has 1 fully saturated rings. The molecule has 1 aliphatic heterocycles.